The molecule has 2 atom stereocenters. The monoisotopic (exact) mass is 1110 g/mol. The van der Waals surface area contributed by atoms with Crippen molar-refractivity contribution in [3.05, 3.63) is 79.9 Å². The molecule has 4 rings (SSSR count). The Morgan fingerprint density at radius 1 is 0.483 bits per heavy atom. The van der Waals surface area contributed by atoms with Crippen molar-refractivity contribution in [1.82, 2.24) is 0 Å². The Morgan fingerprint density at radius 3 is 1.07 bits per heavy atom. The summed E-state index contributed by atoms with van der Waals surface area (Å²) in [5.74, 6) is 1.96. The number of halogens is 8. The molecule has 0 heterocycles. The van der Waals surface area contributed by atoms with E-state index in [4.69, 9.17) is 66.5 Å². The third kappa shape index (κ3) is 14.9. The molecule has 0 aromatic heterocycles. The Balaban J connectivity index is 0.00000620. The minimum absolute atomic E-state index is 0. The van der Waals surface area contributed by atoms with Gasteiger partial charge in [0, 0.05) is 0 Å². The molecule has 0 saturated heterocycles. The van der Waals surface area contributed by atoms with Crippen LogP contribution in [0.3, 0.4) is 0 Å². The van der Waals surface area contributed by atoms with E-state index in [1.165, 1.54) is 70.8 Å². The minimum Gasteiger partial charge on any atom is -0.147 e. The molecule has 2 aliphatic rings. The molecule has 0 nitrogen and oxygen atoms in total. The predicted octanol–water partition coefficient (Wildman–Crippen LogP) is 19.7. The standard InChI is InChI=1S/2C16H21.2C8H16Cl3Si.2ClH.H2Si.Zr/c2*1-10(2)13-8-14-6-12(5)7-16(14)15(9-13)11(3)4;2*1-2-3-4-5-6-7-8-12(9,10)11;;;;/h2*6-11H,1-5H3;2*1-8H2;2*1H;1H2;. The quantitative estimate of drug-likeness (QED) is 0.0558. The molecule has 2 aromatic rings. The van der Waals surface area contributed by atoms with Gasteiger partial charge in [0.05, 0.1) is 0 Å². The van der Waals surface area contributed by atoms with Gasteiger partial charge in [-0.3, -0.25) is 0 Å². The molecule has 0 amide bonds. The Morgan fingerprint density at radius 2 is 0.783 bits per heavy atom. The molecule has 2 unspecified atom stereocenters. The van der Waals surface area contributed by atoms with Gasteiger partial charge in [-0.1, -0.05) is 0 Å². The maximum absolute atomic E-state index is 6.24. The molecule has 0 aliphatic heterocycles. The summed E-state index contributed by atoms with van der Waals surface area (Å²) in [5, 5.41) is 0. The molecule has 342 valence electrons. The largest absolute Gasteiger partial charge is 0.147 e. The van der Waals surface area contributed by atoms with Gasteiger partial charge in [-0.15, -0.1) is 24.8 Å². The first-order chi connectivity index (χ1) is 27.0. The van der Waals surface area contributed by atoms with E-state index in [-0.39, 0.29) is 24.8 Å². The molecule has 0 N–H and O–H groups in total. The van der Waals surface area contributed by atoms with Crippen LogP contribution in [-0.2, 0) is 17.4 Å². The number of hydrogen-bond acceptors (Lipinski definition) is 0. The van der Waals surface area contributed by atoms with Crippen molar-refractivity contribution >= 4 is 122 Å². The van der Waals surface area contributed by atoms with Gasteiger partial charge in [-0.2, -0.15) is 0 Å². The van der Waals surface area contributed by atoms with Crippen molar-refractivity contribution in [1.29, 1.82) is 0 Å². The van der Waals surface area contributed by atoms with Gasteiger partial charge >= 0.3 is 392 Å². The van der Waals surface area contributed by atoms with Crippen LogP contribution in [0.5, 0.6) is 0 Å². The van der Waals surface area contributed by atoms with E-state index >= 15 is 0 Å². The van der Waals surface area contributed by atoms with Crippen LogP contribution in [0.15, 0.2) is 35.4 Å². The van der Waals surface area contributed by atoms with Crippen LogP contribution >= 0.6 is 91.3 Å². The summed E-state index contributed by atoms with van der Waals surface area (Å²) in [6.07, 6.45) is 19.9. The first-order valence-corrected chi connectivity index (χ1v) is 45.6. The number of benzene rings is 2. The molecule has 0 fully saturated rings. The predicted molar refractivity (Wildman–Crippen MR) is 286 cm³/mol. The number of hydrogen-bond donors (Lipinski definition) is 0. The van der Waals surface area contributed by atoms with Crippen LogP contribution in [0, 0.1) is 0 Å². The molecular weight excluding hydrogens is 1040 g/mol. The molecule has 0 saturated carbocycles. The molecule has 0 radical (unpaired) electrons. The second kappa shape index (κ2) is 24.7. The summed E-state index contributed by atoms with van der Waals surface area (Å²) in [6, 6.07) is 6.96. The molecule has 0 bridgehead atoms. The van der Waals surface area contributed by atoms with Crippen LogP contribution in [0.2, 0.25) is 20.3 Å². The van der Waals surface area contributed by atoms with E-state index in [0.717, 1.165) is 37.8 Å². The van der Waals surface area contributed by atoms with Crippen LogP contribution in [0.4, 0.5) is 0 Å². The molecule has 60 heavy (non-hydrogen) atoms. The summed E-state index contributed by atoms with van der Waals surface area (Å²) < 4.78 is 3.90. The smallest absolute Gasteiger partial charge is 0.147 e. The maximum Gasteiger partial charge on any atom is -0.147 e. The number of allylic oxidation sites excluding steroid dienone is 2. The first kappa shape index (κ1) is 57.9. The van der Waals surface area contributed by atoms with Gasteiger partial charge in [-0.05, 0) is 0 Å². The summed E-state index contributed by atoms with van der Waals surface area (Å²) in [4.78, 5) is 0. The molecule has 2 aliphatic carbocycles. The van der Waals surface area contributed by atoms with Gasteiger partial charge in [-0.25, -0.2) is 0 Å². The number of rotatable bonds is 24. The second-order valence-corrected chi connectivity index (χ2v) is 65.2. The van der Waals surface area contributed by atoms with Gasteiger partial charge in [0.25, 0.3) is 0 Å². The van der Waals surface area contributed by atoms with Crippen molar-refractivity contribution in [2.45, 2.75) is 198 Å². The molecule has 12 heteroatoms. The van der Waals surface area contributed by atoms with E-state index < -0.39 is 29.4 Å². The summed E-state index contributed by atoms with van der Waals surface area (Å²) in [6.45, 7) is 26.9. The van der Waals surface area contributed by atoms with Gasteiger partial charge < -0.3 is 0 Å². The van der Waals surface area contributed by atoms with Crippen molar-refractivity contribution in [3.8, 4) is 0 Å². The Bertz CT molecular complexity index is 1710. The average Bonchev–Trinajstić information content (AvgIpc) is 3.64. The van der Waals surface area contributed by atoms with Crippen LogP contribution < -0.4 is 0 Å². The Labute approximate surface area is 412 Å². The molecular formula is C48H78Cl8Si3Zr. The first-order valence-electron chi connectivity index (χ1n) is 22.9. The van der Waals surface area contributed by atoms with E-state index in [2.05, 4.69) is 113 Å². The van der Waals surface area contributed by atoms with E-state index in [9.17, 15) is 0 Å². The number of fused-ring (bicyclic) bond motifs is 2. The summed E-state index contributed by atoms with van der Waals surface area (Å²) in [7, 11) is 0. The fourth-order valence-corrected chi connectivity index (χ4v) is 45.9. The van der Waals surface area contributed by atoms with Crippen molar-refractivity contribution in [2.75, 3.05) is 0 Å². The zero-order chi connectivity index (χ0) is 43.2. The van der Waals surface area contributed by atoms with Gasteiger partial charge in [0.2, 0.25) is 0 Å². The van der Waals surface area contributed by atoms with Crippen LogP contribution in [0.25, 0.3) is 12.2 Å². The summed E-state index contributed by atoms with van der Waals surface area (Å²) in [5.41, 5.74) is 15.9. The minimum atomic E-state index is -4.11. The Kier molecular flexibility index (Phi) is 23.8. The van der Waals surface area contributed by atoms with Crippen molar-refractivity contribution in [3.63, 3.8) is 0 Å². The van der Waals surface area contributed by atoms with Crippen LogP contribution in [0.1, 0.15) is 222 Å². The fourth-order valence-electron chi connectivity index (χ4n) is 11.2. The topological polar surface area (TPSA) is 0 Å². The van der Waals surface area contributed by atoms with E-state index in [0.29, 0.717) is 30.9 Å². The van der Waals surface area contributed by atoms with Gasteiger partial charge in [0.15, 0.2) is 0 Å². The Hall–Kier alpha value is 1.77. The summed E-state index contributed by atoms with van der Waals surface area (Å²) >= 11 is 33.4. The zero-order valence-corrected chi connectivity index (χ0v) is 50.6. The SMILES string of the molecule is CC1=Cc2c(C(C)C)cc(C(C)C)cc2[CH]1[Zr](=[SiH2])([CH2]CCCCCCC[Si](Cl)(Cl)Cl)([CH2]CCCCCCC[Si](Cl)(Cl)Cl)[CH]1C(C)=Cc2c(C(C)C)cc(C(C)C)cc21.Cl.Cl. The zero-order valence-electron chi connectivity index (χ0n) is 38.5. The number of unbranched alkanes of at least 4 members (excludes halogenated alkanes) is 10. The fraction of sp³-hybridized carbons (Fsp3) is 0.667. The second-order valence-electron chi connectivity index (χ2n) is 20.1. The van der Waals surface area contributed by atoms with E-state index in [1.807, 2.05) is 0 Å². The third-order valence-electron chi connectivity index (χ3n) is 14.0. The molecule has 0 spiro atoms. The third-order valence-corrected chi connectivity index (χ3v) is 47.7. The average molecular weight is 1110 g/mol. The van der Waals surface area contributed by atoms with Crippen molar-refractivity contribution in [2.24, 2.45) is 0 Å². The van der Waals surface area contributed by atoms with Gasteiger partial charge in [0.1, 0.15) is 0 Å². The van der Waals surface area contributed by atoms with Crippen molar-refractivity contribution < 1.29 is 17.4 Å². The van der Waals surface area contributed by atoms with Crippen LogP contribution in [-0.4, -0.2) is 18.9 Å². The van der Waals surface area contributed by atoms with E-state index in [1.54, 1.807) is 44.5 Å². The molecule has 2 aromatic carbocycles. The maximum atomic E-state index is 6.24. The normalized spacial score (nSPS) is 16.9.